The minimum Gasteiger partial charge on any atom is -0.310 e. The first-order chi connectivity index (χ1) is 46.4. The lowest BCUT2D eigenvalue weighted by Gasteiger charge is -2.28. The Morgan fingerprint density at radius 3 is 0.979 bits per heavy atom. The summed E-state index contributed by atoms with van der Waals surface area (Å²) in [5, 5.41) is 4.75. The predicted octanol–water partition coefficient (Wildman–Crippen LogP) is 24.8. The predicted molar refractivity (Wildman–Crippen MR) is 396 cm³/mol. The van der Waals surface area contributed by atoms with Crippen LogP contribution < -0.4 is 14.7 Å². The second kappa shape index (κ2) is 23.5. The molecular formula is C91H67N3. The molecule has 94 heavy (non-hydrogen) atoms. The van der Waals surface area contributed by atoms with Gasteiger partial charge in [0.25, 0.3) is 0 Å². The smallest absolute Gasteiger partial charge is 0.0468 e. The van der Waals surface area contributed by atoms with Crippen molar-refractivity contribution in [1.82, 2.24) is 0 Å². The van der Waals surface area contributed by atoms with Gasteiger partial charge in [0.05, 0.1) is 0 Å². The molecule has 0 amide bonds. The molecule has 0 bridgehead atoms. The number of hydrogen-bond donors (Lipinski definition) is 0. The molecule has 0 aliphatic heterocycles. The molecule has 3 nitrogen and oxygen atoms in total. The molecular weight excluding hydrogens is 1140 g/mol. The van der Waals surface area contributed by atoms with Gasteiger partial charge in [-0.2, -0.15) is 0 Å². The Kier molecular flexibility index (Phi) is 14.0. The highest BCUT2D eigenvalue weighted by atomic mass is 15.2. The summed E-state index contributed by atoms with van der Waals surface area (Å²) in [6.45, 7) is 4.87. The summed E-state index contributed by atoms with van der Waals surface area (Å²) in [5.41, 5.74) is 28.8. The summed E-state index contributed by atoms with van der Waals surface area (Å²) in [6, 6.07) is 130. The molecule has 0 spiro atoms. The van der Waals surface area contributed by atoms with Crippen LogP contribution in [0.4, 0.5) is 51.2 Å². The van der Waals surface area contributed by atoms with E-state index in [4.69, 9.17) is 0 Å². The minimum absolute atomic E-state index is 0.0915. The number of anilines is 9. The standard InChI is InChI=1S/C91H67N3/c1-91(2)86-58-65(88(62-27-11-3-12-28-62)63-29-13-4-14-30-63)44-50-80(86)81-51-45-66(59-87(81)91)90-83-54-48-76(93(71-35-19-7-20-36-71)72-37-21-8-22-38-72)60-84(83)89(82-53-47-77(61-85(82)90)94(73-39-23-9-24-40-73)74-41-25-10-26-42-74)64-43-49-78-67(55-64)56-68-57-75(46-52-79(68)78)92(69-31-15-5-16-32-69)70-33-17-6-18-34-70/h3-55,57-61,88H,56H2,1-2H3. The number of fused-ring (bicyclic) bond motifs is 8. The summed E-state index contributed by atoms with van der Waals surface area (Å²) in [7, 11) is 0. The van der Waals surface area contributed by atoms with Crippen LogP contribution in [0.15, 0.2) is 352 Å². The maximum Gasteiger partial charge on any atom is 0.0468 e. The van der Waals surface area contributed by atoms with Crippen LogP contribution in [0.2, 0.25) is 0 Å². The Labute approximate surface area is 551 Å². The van der Waals surface area contributed by atoms with E-state index in [-0.39, 0.29) is 11.3 Å². The van der Waals surface area contributed by atoms with E-state index in [9.17, 15) is 0 Å². The first kappa shape index (κ1) is 56.2. The van der Waals surface area contributed by atoms with E-state index < -0.39 is 0 Å². The summed E-state index contributed by atoms with van der Waals surface area (Å²) in [5.74, 6) is 0.0915. The van der Waals surface area contributed by atoms with E-state index in [1.54, 1.807) is 0 Å². The van der Waals surface area contributed by atoms with E-state index >= 15 is 0 Å². The molecule has 0 unspecified atom stereocenters. The van der Waals surface area contributed by atoms with Gasteiger partial charge < -0.3 is 14.7 Å². The highest BCUT2D eigenvalue weighted by molar-refractivity contribution is 6.23. The van der Waals surface area contributed by atoms with Gasteiger partial charge in [-0.25, -0.2) is 0 Å². The Hall–Kier alpha value is -11.8. The Bertz CT molecular complexity index is 5130. The van der Waals surface area contributed by atoms with Gasteiger partial charge in [-0.15, -0.1) is 0 Å². The molecule has 2 aliphatic rings. The number of nitrogens with zero attached hydrogens (tertiary/aromatic N) is 3. The monoisotopic (exact) mass is 1200 g/mol. The van der Waals surface area contributed by atoms with Crippen LogP contribution in [-0.2, 0) is 11.8 Å². The van der Waals surface area contributed by atoms with Crippen molar-refractivity contribution in [2.24, 2.45) is 0 Å². The van der Waals surface area contributed by atoms with E-state index in [0.29, 0.717) is 0 Å². The molecule has 15 aromatic rings. The van der Waals surface area contributed by atoms with Gasteiger partial charge in [0.15, 0.2) is 0 Å². The quantitative estimate of drug-likeness (QED) is 0.0794. The van der Waals surface area contributed by atoms with Crippen LogP contribution in [0.3, 0.4) is 0 Å². The van der Waals surface area contributed by atoms with Crippen LogP contribution in [-0.4, -0.2) is 0 Å². The fourth-order valence-corrected chi connectivity index (χ4v) is 15.4. The highest BCUT2D eigenvalue weighted by Gasteiger charge is 2.37. The van der Waals surface area contributed by atoms with Gasteiger partial charge in [-0.3, -0.25) is 0 Å². The summed E-state index contributed by atoms with van der Waals surface area (Å²) >= 11 is 0. The third-order valence-electron chi connectivity index (χ3n) is 19.7. The normalized spacial score (nSPS) is 12.5. The first-order valence-corrected chi connectivity index (χ1v) is 32.8. The number of benzene rings is 15. The second-order valence-corrected chi connectivity index (χ2v) is 25.6. The van der Waals surface area contributed by atoms with Gasteiger partial charge in [-0.05, 0) is 227 Å². The van der Waals surface area contributed by atoms with Crippen LogP contribution in [0.1, 0.15) is 58.7 Å². The third-order valence-corrected chi connectivity index (χ3v) is 19.7. The van der Waals surface area contributed by atoms with Gasteiger partial charge in [0.2, 0.25) is 0 Å². The molecule has 0 N–H and O–H groups in total. The van der Waals surface area contributed by atoms with Gasteiger partial charge in [-0.1, -0.05) is 250 Å². The van der Waals surface area contributed by atoms with Crippen LogP contribution in [0.25, 0.3) is 66.1 Å². The Morgan fingerprint density at radius 1 is 0.245 bits per heavy atom. The largest absolute Gasteiger partial charge is 0.310 e. The summed E-state index contributed by atoms with van der Waals surface area (Å²) in [4.78, 5) is 7.18. The maximum atomic E-state index is 2.54. The topological polar surface area (TPSA) is 9.72 Å². The summed E-state index contributed by atoms with van der Waals surface area (Å²) < 4.78 is 0. The van der Waals surface area contributed by atoms with Gasteiger partial charge >= 0.3 is 0 Å². The lowest BCUT2D eigenvalue weighted by Crippen LogP contribution is -2.16. The third kappa shape index (κ3) is 9.84. The zero-order valence-electron chi connectivity index (χ0n) is 52.6. The average Bonchev–Trinajstić information content (AvgIpc) is 1.27. The summed E-state index contributed by atoms with van der Waals surface area (Å²) in [6.07, 6.45) is 0.819. The van der Waals surface area contributed by atoms with E-state index in [1.165, 1.54) is 105 Å². The van der Waals surface area contributed by atoms with E-state index in [0.717, 1.165) is 57.6 Å². The van der Waals surface area contributed by atoms with E-state index in [2.05, 4.69) is 380 Å². The average molecular weight is 1200 g/mol. The molecule has 15 aromatic carbocycles. The van der Waals surface area contributed by atoms with Crippen LogP contribution in [0.5, 0.6) is 0 Å². The van der Waals surface area contributed by atoms with Crippen molar-refractivity contribution in [3.05, 3.63) is 391 Å². The second-order valence-electron chi connectivity index (χ2n) is 25.6. The van der Waals surface area contributed by atoms with Gasteiger partial charge in [0.1, 0.15) is 0 Å². The highest BCUT2D eigenvalue weighted by Crippen LogP contribution is 2.55. The van der Waals surface area contributed by atoms with Crippen molar-refractivity contribution in [1.29, 1.82) is 0 Å². The number of rotatable bonds is 14. The molecule has 3 heteroatoms. The fourth-order valence-electron chi connectivity index (χ4n) is 15.4. The molecule has 446 valence electrons. The lowest BCUT2D eigenvalue weighted by molar-refractivity contribution is 0.659. The number of para-hydroxylation sites is 6. The van der Waals surface area contributed by atoms with E-state index in [1.807, 2.05) is 0 Å². The minimum atomic E-state index is -0.314. The molecule has 0 radical (unpaired) electrons. The zero-order chi connectivity index (χ0) is 62.7. The first-order valence-electron chi connectivity index (χ1n) is 32.8. The van der Waals surface area contributed by atoms with Crippen molar-refractivity contribution >= 4 is 72.7 Å². The molecule has 0 heterocycles. The molecule has 0 fully saturated rings. The van der Waals surface area contributed by atoms with Crippen molar-refractivity contribution in [3.8, 4) is 44.5 Å². The van der Waals surface area contributed by atoms with Crippen LogP contribution in [0, 0.1) is 0 Å². The molecule has 17 rings (SSSR count). The molecule has 2 aliphatic carbocycles. The Morgan fingerprint density at radius 2 is 0.564 bits per heavy atom. The molecule has 0 saturated carbocycles. The van der Waals surface area contributed by atoms with Gasteiger partial charge in [0, 0.05) is 62.5 Å². The van der Waals surface area contributed by atoms with Crippen molar-refractivity contribution in [2.45, 2.75) is 31.6 Å². The number of hydrogen-bond acceptors (Lipinski definition) is 3. The van der Waals surface area contributed by atoms with Crippen molar-refractivity contribution in [3.63, 3.8) is 0 Å². The Balaban J connectivity index is 0.887. The van der Waals surface area contributed by atoms with Crippen LogP contribution >= 0.6 is 0 Å². The SMILES string of the molecule is CC1(C)c2cc(-c3c4ccc(N(c5ccccc5)c5ccccc5)cc4c(-c4ccc5c(c4)Cc4cc(N(c6ccccc6)c6ccccc6)ccc4-5)c4ccc(N(c5ccccc5)c5ccccc5)cc34)ccc2-c2ccc(C(c3ccccc3)c3ccccc3)cc21. The molecule has 0 aromatic heterocycles. The lowest BCUT2D eigenvalue weighted by atomic mass is 9.78. The zero-order valence-corrected chi connectivity index (χ0v) is 52.6. The fraction of sp³-hybridized carbons (Fsp3) is 0.0549. The molecule has 0 saturated heterocycles. The maximum absolute atomic E-state index is 2.54. The molecule has 0 atom stereocenters. The van der Waals surface area contributed by atoms with Crippen molar-refractivity contribution < 1.29 is 0 Å². The van der Waals surface area contributed by atoms with Crippen molar-refractivity contribution in [2.75, 3.05) is 14.7 Å².